The summed E-state index contributed by atoms with van der Waals surface area (Å²) in [6.07, 6.45) is 0. The van der Waals surface area contributed by atoms with Crippen molar-refractivity contribution in [3.63, 3.8) is 0 Å². The van der Waals surface area contributed by atoms with E-state index in [2.05, 4.69) is 265 Å². The van der Waals surface area contributed by atoms with Crippen LogP contribution in [0.15, 0.2) is 259 Å². The van der Waals surface area contributed by atoms with Gasteiger partial charge in [-0.1, -0.05) is 194 Å². The highest BCUT2D eigenvalue weighted by Gasteiger charge is 2.51. The van der Waals surface area contributed by atoms with Crippen LogP contribution >= 0.6 is 0 Å². The summed E-state index contributed by atoms with van der Waals surface area (Å²) in [5.41, 5.74) is 24.8. The number of fused-ring (bicyclic) bond motifs is 21. The summed E-state index contributed by atoms with van der Waals surface area (Å²) >= 11 is 0. The van der Waals surface area contributed by atoms with Crippen molar-refractivity contribution >= 4 is 56.1 Å². The van der Waals surface area contributed by atoms with Crippen LogP contribution in [0.5, 0.6) is 0 Å². The van der Waals surface area contributed by atoms with Crippen LogP contribution in [-0.2, 0) is 5.41 Å². The van der Waals surface area contributed by atoms with Gasteiger partial charge in [-0.05, 0) is 127 Å². The summed E-state index contributed by atoms with van der Waals surface area (Å²) in [7, 11) is 0. The van der Waals surface area contributed by atoms with E-state index in [0.717, 1.165) is 61.6 Å². The molecule has 1 atom stereocenters. The van der Waals surface area contributed by atoms with Crippen LogP contribution in [0.1, 0.15) is 22.3 Å². The van der Waals surface area contributed by atoms with E-state index in [1.165, 1.54) is 72.3 Å². The first-order chi connectivity index (χ1) is 34.8. The molecule has 0 saturated carbocycles. The van der Waals surface area contributed by atoms with E-state index in [1.54, 1.807) is 0 Å². The fourth-order valence-corrected chi connectivity index (χ4v) is 12.5. The van der Waals surface area contributed by atoms with E-state index in [-0.39, 0.29) is 0 Å². The Morgan fingerprint density at radius 1 is 0.343 bits per heavy atom. The molecule has 15 rings (SSSR count). The summed E-state index contributed by atoms with van der Waals surface area (Å²) in [4.78, 5) is 4.98. The Morgan fingerprint density at radius 2 is 0.900 bits per heavy atom. The molecule has 3 nitrogen and oxygen atoms in total. The number of anilines is 6. The molecule has 0 fully saturated rings. The number of hydrogen-bond donors (Lipinski definition) is 0. The molecule has 12 aromatic rings. The van der Waals surface area contributed by atoms with Gasteiger partial charge in [0.05, 0.1) is 22.5 Å². The fourth-order valence-electron chi connectivity index (χ4n) is 12.5. The third kappa shape index (κ3) is 5.29. The highest BCUT2D eigenvalue weighted by molar-refractivity contribution is 6.16. The number of furan rings is 1. The molecule has 326 valence electrons. The third-order valence-corrected chi connectivity index (χ3v) is 15.2. The second-order valence-electron chi connectivity index (χ2n) is 18.7. The van der Waals surface area contributed by atoms with E-state index >= 15 is 0 Å². The average molecular weight is 891 g/mol. The van der Waals surface area contributed by atoms with E-state index in [9.17, 15) is 0 Å². The first kappa shape index (κ1) is 38.9. The maximum absolute atomic E-state index is 6.66. The molecule has 3 aliphatic rings. The normalized spacial score (nSPS) is 14.6. The second kappa shape index (κ2) is 14.9. The molecule has 2 heterocycles. The van der Waals surface area contributed by atoms with E-state index in [4.69, 9.17) is 4.42 Å². The fraction of sp³-hybridized carbons (Fsp3) is 0.0149. The molecule has 1 aromatic heterocycles. The lowest BCUT2D eigenvalue weighted by atomic mass is 9.65. The minimum Gasteiger partial charge on any atom is -0.456 e. The molecule has 70 heavy (non-hydrogen) atoms. The van der Waals surface area contributed by atoms with Gasteiger partial charge in [0.15, 0.2) is 0 Å². The Morgan fingerprint density at radius 3 is 1.66 bits per heavy atom. The van der Waals surface area contributed by atoms with Crippen molar-refractivity contribution in [3.05, 3.63) is 277 Å². The number of para-hydroxylation sites is 5. The van der Waals surface area contributed by atoms with Crippen LogP contribution < -0.4 is 9.80 Å². The summed E-state index contributed by atoms with van der Waals surface area (Å²) in [5.74, 6) is 0. The largest absolute Gasteiger partial charge is 0.456 e. The summed E-state index contributed by atoms with van der Waals surface area (Å²) in [5, 5.41) is 2.29. The smallest absolute Gasteiger partial charge is 0.136 e. The highest BCUT2D eigenvalue weighted by atomic mass is 16.3. The van der Waals surface area contributed by atoms with E-state index in [1.807, 2.05) is 0 Å². The lowest BCUT2D eigenvalue weighted by Gasteiger charge is -2.37. The first-order valence-electron chi connectivity index (χ1n) is 24.2. The van der Waals surface area contributed by atoms with Crippen LogP contribution in [0.2, 0.25) is 0 Å². The predicted octanol–water partition coefficient (Wildman–Crippen LogP) is 18.2. The molecule has 1 spiro atoms. The quantitative estimate of drug-likeness (QED) is 0.176. The van der Waals surface area contributed by atoms with Crippen LogP contribution in [0, 0.1) is 0 Å². The third-order valence-electron chi connectivity index (χ3n) is 15.2. The Bertz CT molecular complexity index is 4090. The summed E-state index contributed by atoms with van der Waals surface area (Å²) in [6, 6.07) is 94.0. The zero-order valence-electron chi connectivity index (χ0n) is 38.1. The minimum absolute atomic E-state index is 0.719. The topological polar surface area (TPSA) is 19.6 Å². The number of nitrogens with zero attached hydrogens (tertiary/aromatic N) is 2. The van der Waals surface area contributed by atoms with Crippen molar-refractivity contribution in [1.82, 2.24) is 0 Å². The second-order valence-corrected chi connectivity index (χ2v) is 18.7. The Kier molecular flexibility index (Phi) is 8.28. The Hall–Kier alpha value is -9.18. The van der Waals surface area contributed by atoms with Crippen LogP contribution in [0.25, 0.3) is 77.6 Å². The van der Waals surface area contributed by atoms with Gasteiger partial charge < -0.3 is 14.2 Å². The maximum atomic E-state index is 6.66. The van der Waals surface area contributed by atoms with Gasteiger partial charge in [-0.2, -0.15) is 0 Å². The first-order valence-corrected chi connectivity index (χ1v) is 24.2. The minimum atomic E-state index is -0.719. The van der Waals surface area contributed by atoms with Crippen molar-refractivity contribution in [3.8, 4) is 55.6 Å². The molecule has 0 saturated heterocycles. The molecule has 0 radical (unpaired) electrons. The van der Waals surface area contributed by atoms with Gasteiger partial charge in [-0.15, -0.1) is 0 Å². The monoisotopic (exact) mass is 890 g/mol. The number of rotatable bonds is 4. The highest BCUT2D eigenvalue weighted by Crippen LogP contribution is 2.64. The van der Waals surface area contributed by atoms with Crippen LogP contribution in [0.4, 0.5) is 34.1 Å². The lowest BCUT2D eigenvalue weighted by molar-refractivity contribution is 0.668. The van der Waals surface area contributed by atoms with E-state index in [0.29, 0.717) is 0 Å². The molecule has 1 unspecified atom stereocenters. The molecular weight excluding hydrogens is 849 g/mol. The zero-order valence-corrected chi connectivity index (χ0v) is 38.1. The van der Waals surface area contributed by atoms with Gasteiger partial charge in [0.2, 0.25) is 0 Å². The van der Waals surface area contributed by atoms with Crippen molar-refractivity contribution in [2.24, 2.45) is 0 Å². The van der Waals surface area contributed by atoms with Crippen molar-refractivity contribution in [1.29, 1.82) is 0 Å². The van der Waals surface area contributed by atoms with Gasteiger partial charge in [0.1, 0.15) is 11.2 Å². The maximum Gasteiger partial charge on any atom is 0.136 e. The molecule has 0 N–H and O–H groups in total. The SMILES string of the molecule is c1ccc(N(c2ccc3c(c2)C2(c4ccccc4-c4ccccc4-3)c3ccccc3-c3c2ccc2oc4ccccc4c32)c2cccc3c2N(c2ccccc2)c2ccccc2-c2ccccc2-3)cc1. The van der Waals surface area contributed by atoms with Gasteiger partial charge in [-0.25, -0.2) is 0 Å². The lowest BCUT2D eigenvalue weighted by Crippen LogP contribution is -2.29. The average Bonchev–Trinajstić information content (AvgIpc) is 3.88. The van der Waals surface area contributed by atoms with E-state index < -0.39 is 5.41 Å². The van der Waals surface area contributed by atoms with Crippen molar-refractivity contribution in [2.75, 3.05) is 9.80 Å². The molecule has 11 aromatic carbocycles. The Balaban J connectivity index is 1.08. The Labute approximate surface area is 406 Å². The van der Waals surface area contributed by atoms with Gasteiger partial charge in [0.25, 0.3) is 0 Å². The molecular formula is C67H42N2O. The van der Waals surface area contributed by atoms with Gasteiger partial charge >= 0.3 is 0 Å². The van der Waals surface area contributed by atoms with Crippen molar-refractivity contribution in [2.45, 2.75) is 5.41 Å². The molecule has 0 bridgehead atoms. The summed E-state index contributed by atoms with van der Waals surface area (Å²) < 4.78 is 6.66. The molecule has 2 aliphatic carbocycles. The van der Waals surface area contributed by atoms with Crippen molar-refractivity contribution < 1.29 is 4.42 Å². The van der Waals surface area contributed by atoms with Gasteiger partial charge in [0, 0.05) is 39.0 Å². The molecule has 3 heteroatoms. The summed E-state index contributed by atoms with van der Waals surface area (Å²) in [6.45, 7) is 0. The predicted molar refractivity (Wildman–Crippen MR) is 289 cm³/mol. The van der Waals surface area contributed by atoms with Crippen LogP contribution in [-0.4, -0.2) is 0 Å². The standard InChI is InChI=1S/C67H42N2O/c1-3-20-43(21-4-1)68(61-36-19-32-53-49-27-10-9-26-48(49)52-29-13-17-35-60(52)69(66(53)61)44-22-5-2-6-23-44)45-38-39-51-47-25-8-7-24-46(47)50-28-11-15-33-56(50)67(59(51)42-45)57-34-16-12-30-54(57)64-58(67)40-41-63-65(64)55-31-14-18-37-62(55)70-63/h1-42H. The molecule has 1 aliphatic heterocycles. The van der Waals surface area contributed by atoms with Crippen LogP contribution in [0.3, 0.4) is 0 Å². The zero-order chi connectivity index (χ0) is 45.9. The molecule has 0 amide bonds. The number of hydrogen-bond acceptors (Lipinski definition) is 3. The van der Waals surface area contributed by atoms with Gasteiger partial charge in [-0.3, -0.25) is 0 Å². The number of benzene rings is 11.